The quantitative estimate of drug-likeness (QED) is 0.749. The van der Waals surface area contributed by atoms with Crippen molar-refractivity contribution >= 4 is 10.7 Å². The largest absolute Gasteiger partial charge is 0.298 e. The van der Waals surface area contributed by atoms with Crippen LogP contribution in [0.5, 0.6) is 0 Å². The number of pyridine rings is 1. The van der Waals surface area contributed by atoms with Gasteiger partial charge in [0.1, 0.15) is 16.5 Å². The van der Waals surface area contributed by atoms with Crippen LogP contribution in [0.25, 0.3) is 17.1 Å². The molecule has 0 spiro atoms. The second-order valence-corrected chi connectivity index (χ2v) is 5.46. The predicted molar refractivity (Wildman–Crippen MR) is 80.8 cm³/mol. The van der Waals surface area contributed by atoms with Crippen LogP contribution < -0.4 is 0 Å². The molecule has 3 rings (SSSR count). The summed E-state index contributed by atoms with van der Waals surface area (Å²) in [6.07, 6.45) is 6.75. The molecule has 5 nitrogen and oxygen atoms in total. The molecule has 21 heavy (non-hydrogen) atoms. The molecule has 0 bridgehead atoms. The van der Waals surface area contributed by atoms with Crippen molar-refractivity contribution in [3.05, 3.63) is 66.7 Å². The van der Waals surface area contributed by atoms with Gasteiger partial charge in [0.05, 0.1) is 17.6 Å². The zero-order valence-corrected chi connectivity index (χ0v) is 12.0. The van der Waals surface area contributed by atoms with Gasteiger partial charge in [-0.25, -0.2) is 13.4 Å². The Morgan fingerprint density at radius 1 is 1.05 bits per heavy atom. The monoisotopic (exact) mass is 299 g/mol. The summed E-state index contributed by atoms with van der Waals surface area (Å²) in [6.45, 7) is 0. The van der Waals surface area contributed by atoms with E-state index in [0.717, 1.165) is 17.1 Å². The number of thiol groups is 1. The Labute approximate surface area is 123 Å². The van der Waals surface area contributed by atoms with E-state index in [1.54, 1.807) is 30.9 Å². The number of nitrogens with zero attached hydrogens (tertiary/aromatic N) is 3. The lowest BCUT2D eigenvalue weighted by molar-refractivity contribution is 0.614. The van der Waals surface area contributed by atoms with E-state index >= 15 is 0 Å². The maximum Gasteiger partial charge on any atom is 0.144 e. The molecule has 2 heterocycles. The molecule has 0 aliphatic carbocycles. The fourth-order valence-corrected chi connectivity index (χ4v) is 2.75. The molecule has 0 aliphatic heterocycles. The molecule has 0 saturated heterocycles. The summed E-state index contributed by atoms with van der Waals surface area (Å²) in [5.74, 6) is 0.741. The standard InChI is InChI=1S/C15H13N3O2S/c19-21(20)11-13-6-7-16-10-14(13)18-9-8-17-15(18)12-4-2-1-3-5-12/h1-10,21H,11H2. The van der Waals surface area contributed by atoms with Gasteiger partial charge in [-0.15, -0.1) is 0 Å². The molecule has 6 heteroatoms. The SMILES string of the molecule is O=[SH](=O)Cc1ccncc1-n1ccnc1-c1ccccc1. The highest BCUT2D eigenvalue weighted by molar-refractivity contribution is 7.71. The number of rotatable bonds is 4. The highest BCUT2D eigenvalue weighted by atomic mass is 32.2. The van der Waals surface area contributed by atoms with Gasteiger partial charge in [-0.2, -0.15) is 0 Å². The Bertz CT molecular complexity index is 818. The Hall–Kier alpha value is -2.47. The van der Waals surface area contributed by atoms with Crippen molar-refractivity contribution in [2.75, 3.05) is 0 Å². The minimum Gasteiger partial charge on any atom is -0.298 e. The molecular weight excluding hydrogens is 286 g/mol. The summed E-state index contributed by atoms with van der Waals surface area (Å²) in [7, 11) is -2.49. The van der Waals surface area contributed by atoms with Crippen molar-refractivity contribution in [1.82, 2.24) is 14.5 Å². The first-order chi connectivity index (χ1) is 10.3. The fourth-order valence-electron chi connectivity index (χ4n) is 2.20. The van der Waals surface area contributed by atoms with Crippen molar-refractivity contribution in [3.63, 3.8) is 0 Å². The highest BCUT2D eigenvalue weighted by Crippen LogP contribution is 2.23. The lowest BCUT2D eigenvalue weighted by atomic mass is 10.2. The van der Waals surface area contributed by atoms with E-state index in [4.69, 9.17) is 0 Å². The average Bonchev–Trinajstić information content (AvgIpc) is 2.97. The Kier molecular flexibility index (Phi) is 3.79. The van der Waals surface area contributed by atoms with Crippen molar-refractivity contribution in [2.24, 2.45) is 0 Å². The first-order valence-electron chi connectivity index (χ1n) is 6.39. The Balaban J connectivity index is 2.13. The molecule has 2 aromatic heterocycles. The predicted octanol–water partition coefficient (Wildman–Crippen LogP) is 2.05. The van der Waals surface area contributed by atoms with Crippen LogP contribution in [0.2, 0.25) is 0 Å². The first-order valence-corrected chi connectivity index (χ1v) is 7.76. The van der Waals surface area contributed by atoms with E-state index in [1.165, 1.54) is 0 Å². The average molecular weight is 299 g/mol. The zero-order valence-electron chi connectivity index (χ0n) is 11.1. The second kappa shape index (κ2) is 5.88. The van der Waals surface area contributed by atoms with Crippen molar-refractivity contribution in [3.8, 4) is 17.1 Å². The number of imidazole rings is 1. The van der Waals surface area contributed by atoms with Gasteiger partial charge in [-0.3, -0.25) is 9.55 Å². The lowest BCUT2D eigenvalue weighted by Crippen LogP contribution is -2.02. The minimum atomic E-state index is -2.49. The van der Waals surface area contributed by atoms with Crippen LogP contribution in [0.4, 0.5) is 0 Å². The second-order valence-electron chi connectivity index (χ2n) is 4.48. The topological polar surface area (TPSA) is 64.8 Å². The summed E-state index contributed by atoms with van der Waals surface area (Å²) < 4.78 is 23.9. The molecular formula is C15H13N3O2S. The van der Waals surface area contributed by atoms with Gasteiger partial charge >= 0.3 is 0 Å². The summed E-state index contributed by atoms with van der Waals surface area (Å²) in [5, 5.41) is 0. The van der Waals surface area contributed by atoms with Gasteiger partial charge in [0.2, 0.25) is 0 Å². The molecule has 0 fully saturated rings. The molecule has 0 saturated carbocycles. The Morgan fingerprint density at radius 3 is 2.62 bits per heavy atom. The van der Waals surface area contributed by atoms with Gasteiger partial charge in [-0.1, -0.05) is 30.3 Å². The van der Waals surface area contributed by atoms with E-state index in [9.17, 15) is 8.42 Å². The first kappa shape index (κ1) is 13.5. The van der Waals surface area contributed by atoms with Crippen LogP contribution in [-0.2, 0) is 16.5 Å². The van der Waals surface area contributed by atoms with Crippen molar-refractivity contribution in [1.29, 1.82) is 0 Å². The third kappa shape index (κ3) is 2.85. The summed E-state index contributed by atoms with van der Waals surface area (Å²) in [4.78, 5) is 8.47. The smallest absolute Gasteiger partial charge is 0.144 e. The molecule has 0 amide bonds. The molecule has 106 valence electrons. The van der Waals surface area contributed by atoms with E-state index in [0.29, 0.717) is 5.56 Å². The summed E-state index contributed by atoms with van der Waals surface area (Å²) in [6, 6.07) is 11.5. The molecule has 0 radical (unpaired) electrons. The van der Waals surface area contributed by atoms with Gasteiger partial charge in [0.25, 0.3) is 0 Å². The molecule has 0 atom stereocenters. The van der Waals surface area contributed by atoms with Gasteiger partial charge in [-0.05, 0) is 11.6 Å². The van der Waals surface area contributed by atoms with Crippen LogP contribution in [-0.4, -0.2) is 23.0 Å². The van der Waals surface area contributed by atoms with Crippen LogP contribution >= 0.6 is 0 Å². The maximum atomic E-state index is 11.0. The number of hydrogen-bond donors (Lipinski definition) is 1. The minimum absolute atomic E-state index is 0.0143. The van der Waals surface area contributed by atoms with E-state index in [-0.39, 0.29) is 5.75 Å². The summed E-state index contributed by atoms with van der Waals surface area (Å²) >= 11 is 0. The van der Waals surface area contributed by atoms with Gasteiger partial charge in [0.15, 0.2) is 0 Å². The zero-order chi connectivity index (χ0) is 14.7. The van der Waals surface area contributed by atoms with Crippen molar-refractivity contribution < 1.29 is 8.42 Å². The fraction of sp³-hybridized carbons (Fsp3) is 0.0667. The van der Waals surface area contributed by atoms with Gasteiger partial charge in [0, 0.05) is 24.2 Å². The van der Waals surface area contributed by atoms with E-state index in [2.05, 4.69) is 9.97 Å². The maximum absolute atomic E-state index is 11.0. The van der Waals surface area contributed by atoms with E-state index < -0.39 is 10.7 Å². The van der Waals surface area contributed by atoms with Crippen LogP contribution in [0, 0.1) is 0 Å². The van der Waals surface area contributed by atoms with E-state index in [1.807, 2.05) is 34.9 Å². The Morgan fingerprint density at radius 2 is 1.86 bits per heavy atom. The third-order valence-electron chi connectivity index (χ3n) is 3.12. The van der Waals surface area contributed by atoms with Gasteiger partial charge < -0.3 is 0 Å². The molecule has 1 aromatic carbocycles. The highest BCUT2D eigenvalue weighted by Gasteiger charge is 2.11. The normalized spacial score (nSPS) is 10.9. The molecule has 0 N–H and O–H groups in total. The number of benzene rings is 1. The number of hydrogen-bond acceptors (Lipinski definition) is 4. The van der Waals surface area contributed by atoms with Crippen LogP contribution in [0.15, 0.2) is 61.2 Å². The number of aromatic nitrogens is 3. The van der Waals surface area contributed by atoms with Crippen LogP contribution in [0.3, 0.4) is 0 Å². The summed E-state index contributed by atoms with van der Waals surface area (Å²) in [5.41, 5.74) is 2.40. The molecule has 3 aromatic rings. The van der Waals surface area contributed by atoms with Crippen molar-refractivity contribution in [2.45, 2.75) is 5.75 Å². The molecule has 0 unspecified atom stereocenters. The van der Waals surface area contributed by atoms with Crippen LogP contribution in [0.1, 0.15) is 5.56 Å². The lowest BCUT2D eigenvalue weighted by Gasteiger charge is -2.11. The third-order valence-corrected chi connectivity index (χ3v) is 3.72. The molecule has 0 aliphatic rings.